The molecule has 0 bridgehead atoms. The van der Waals surface area contributed by atoms with Gasteiger partial charge in [-0.05, 0) is 35.1 Å². The summed E-state index contributed by atoms with van der Waals surface area (Å²) in [6.07, 6.45) is 2.26. The predicted molar refractivity (Wildman–Crippen MR) is 112 cm³/mol. The maximum atomic E-state index is 5.54. The lowest BCUT2D eigenvalue weighted by Gasteiger charge is -2.35. The van der Waals surface area contributed by atoms with Gasteiger partial charge in [-0.15, -0.1) is 0 Å². The monoisotopic (exact) mass is 388 g/mol. The average Bonchev–Trinajstić information content (AvgIpc) is 3.27. The van der Waals surface area contributed by atoms with Crippen molar-refractivity contribution in [2.75, 3.05) is 36.1 Å². The van der Waals surface area contributed by atoms with E-state index in [2.05, 4.69) is 86.9 Å². The molecule has 2 aliphatic heterocycles. The summed E-state index contributed by atoms with van der Waals surface area (Å²) in [5, 5.41) is 12.7. The number of aromatic nitrogens is 4. The molecule has 7 nitrogen and oxygen atoms in total. The van der Waals surface area contributed by atoms with Crippen molar-refractivity contribution < 1.29 is 4.74 Å². The SMILES string of the molecule is CC1=CC(c2ccccc2N2CCOCC2)n2nnnc2N1Cc1ccccc1. The van der Waals surface area contributed by atoms with Gasteiger partial charge in [0.1, 0.15) is 6.04 Å². The van der Waals surface area contributed by atoms with Gasteiger partial charge in [0.05, 0.1) is 19.8 Å². The summed E-state index contributed by atoms with van der Waals surface area (Å²) in [6.45, 7) is 6.18. The molecule has 2 aliphatic rings. The van der Waals surface area contributed by atoms with Crippen LogP contribution in [0.4, 0.5) is 11.6 Å². The van der Waals surface area contributed by atoms with Crippen molar-refractivity contribution in [2.45, 2.75) is 19.5 Å². The van der Waals surface area contributed by atoms with E-state index in [1.807, 2.05) is 10.7 Å². The molecule has 29 heavy (non-hydrogen) atoms. The van der Waals surface area contributed by atoms with Crippen LogP contribution in [0.25, 0.3) is 0 Å². The van der Waals surface area contributed by atoms with Gasteiger partial charge >= 0.3 is 0 Å². The number of anilines is 2. The lowest BCUT2D eigenvalue weighted by Crippen LogP contribution is -2.37. The van der Waals surface area contributed by atoms with Crippen molar-refractivity contribution in [2.24, 2.45) is 0 Å². The number of para-hydroxylation sites is 1. The normalized spacial score (nSPS) is 19.1. The van der Waals surface area contributed by atoms with Gasteiger partial charge in [0.25, 0.3) is 5.95 Å². The summed E-state index contributed by atoms with van der Waals surface area (Å²) in [7, 11) is 0. The Hall–Kier alpha value is -3.19. The van der Waals surface area contributed by atoms with E-state index in [0.29, 0.717) is 0 Å². The van der Waals surface area contributed by atoms with Crippen LogP contribution in [-0.4, -0.2) is 46.5 Å². The molecule has 1 saturated heterocycles. The van der Waals surface area contributed by atoms with Crippen LogP contribution in [0.1, 0.15) is 24.1 Å². The summed E-state index contributed by atoms with van der Waals surface area (Å²) in [5.41, 5.74) is 4.81. The van der Waals surface area contributed by atoms with Crippen molar-refractivity contribution in [3.63, 3.8) is 0 Å². The Morgan fingerprint density at radius 3 is 2.59 bits per heavy atom. The zero-order valence-corrected chi connectivity index (χ0v) is 16.5. The number of rotatable bonds is 4. The van der Waals surface area contributed by atoms with Crippen LogP contribution in [0, 0.1) is 0 Å². The Balaban J connectivity index is 1.52. The minimum absolute atomic E-state index is 0.0360. The van der Waals surface area contributed by atoms with E-state index >= 15 is 0 Å². The number of hydrogen-bond acceptors (Lipinski definition) is 6. The van der Waals surface area contributed by atoms with Crippen molar-refractivity contribution in [3.05, 3.63) is 77.5 Å². The fourth-order valence-electron chi connectivity index (χ4n) is 4.11. The molecule has 1 unspecified atom stereocenters. The minimum Gasteiger partial charge on any atom is -0.378 e. The van der Waals surface area contributed by atoms with Gasteiger partial charge < -0.3 is 14.5 Å². The highest BCUT2D eigenvalue weighted by atomic mass is 16.5. The Kier molecular flexibility index (Phi) is 4.73. The van der Waals surface area contributed by atoms with Crippen LogP contribution in [0.5, 0.6) is 0 Å². The van der Waals surface area contributed by atoms with Gasteiger partial charge in [-0.3, -0.25) is 0 Å². The smallest absolute Gasteiger partial charge is 0.250 e. The number of nitrogens with zero attached hydrogens (tertiary/aromatic N) is 6. The van der Waals surface area contributed by atoms with Gasteiger partial charge in [-0.1, -0.05) is 53.6 Å². The maximum Gasteiger partial charge on any atom is 0.250 e. The minimum atomic E-state index is -0.0360. The predicted octanol–water partition coefficient (Wildman–Crippen LogP) is 3.02. The highest BCUT2D eigenvalue weighted by molar-refractivity contribution is 5.58. The summed E-state index contributed by atoms with van der Waals surface area (Å²) < 4.78 is 7.47. The second-order valence-corrected chi connectivity index (χ2v) is 7.41. The number of tetrazole rings is 1. The number of benzene rings is 2. The Morgan fingerprint density at radius 1 is 1.00 bits per heavy atom. The molecule has 1 atom stereocenters. The van der Waals surface area contributed by atoms with Crippen molar-refractivity contribution in [3.8, 4) is 0 Å². The molecule has 7 heteroatoms. The van der Waals surface area contributed by atoms with E-state index in [0.717, 1.165) is 44.5 Å². The van der Waals surface area contributed by atoms with Crippen LogP contribution in [0.15, 0.2) is 66.4 Å². The number of allylic oxidation sites excluding steroid dienone is 2. The fourth-order valence-corrected chi connectivity index (χ4v) is 4.11. The van der Waals surface area contributed by atoms with Gasteiger partial charge in [-0.2, -0.15) is 4.68 Å². The van der Waals surface area contributed by atoms with E-state index in [-0.39, 0.29) is 6.04 Å². The molecule has 0 saturated carbocycles. The molecule has 0 spiro atoms. The van der Waals surface area contributed by atoms with E-state index in [9.17, 15) is 0 Å². The van der Waals surface area contributed by atoms with Crippen molar-refractivity contribution in [1.82, 2.24) is 20.2 Å². The molecular formula is C22H24N6O. The number of ether oxygens (including phenoxy) is 1. The topological polar surface area (TPSA) is 59.3 Å². The molecule has 3 aromatic rings. The van der Waals surface area contributed by atoms with E-state index in [4.69, 9.17) is 4.74 Å². The molecule has 3 heterocycles. The van der Waals surface area contributed by atoms with Gasteiger partial charge in [0.2, 0.25) is 0 Å². The third-order valence-electron chi connectivity index (χ3n) is 5.60. The van der Waals surface area contributed by atoms with Gasteiger partial charge in [0.15, 0.2) is 0 Å². The van der Waals surface area contributed by atoms with Crippen LogP contribution in [0.2, 0.25) is 0 Å². The molecule has 0 radical (unpaired) electrons. The molecular weight excluding hydrogens is 364 g/mol. The number of morpholine rings is 1. The highest BCUT2D eigenvalue weighted by Crippen LogP contribution is 2.37. The third kappa shape index (κ3) is 3.38. The Bertz CT molecular complexity index is 1010. The summed E-state index contributed by atoms with van der Waals surface area (Å²) in [4.78, 5) is 4.56. The first kappa shape index (κ1) is 17.9. The first-order valence-electron chi connectivity index (χ1n) is 10.0. The van der Waals surface area contributed by atoms with Gasteiger partial charge in [0, 0.05) is 30.0 Å². The van der Waals surface area contributed by atoms with Crippen LogP contribution < -0.4 is 9.80 Å². The Morgan fingerprint density at radius 2 is 1.76 bits per heavy atom. The number of hydrogen-bond donors (Lipinski definition) is 0. The molecule has 0 aliphatic carbocycles. The Labute approximate surface area is 170 Å². The van der Waals surface area contributed by atoms with Crippen LogP contribution >= 0.6 is 0 Å². The zero-order chi connectivity index (χ0) is 19.6. The summed E-state index contributed by atoms with van der Waals surface area (Å²) >= 11 is 0. The lowest BCUT2D eigenvalue weighted by atomic mass is 10.0. The van der Waals surface area contributed by atoms with E-state index in [1.54, 1.807) is 0 Å². The van der Waals surface area contributed by atoms with Gasteiger partial charge in [-0.25, -0.2) is 0 Å². The second-order valence-electron chi connectivity index (χ2n) is 7.41. The summed E-state index contributed by atoms with van der Waals surface area (Å²) in [5.74, 6) is 0.774. The molecule has 1 fully saturated rings. The van der Waals surface area contributed by atoms with E-state index < -0.39 is 0 Å². The van der Waals surface area contributed by atoms with Crippen LogP contribution in [-0.2, 0) is 11.3 Å². The zero-order valence-electron chi connectivity index (χ0n) is 16.5. The molecule has 2 aromatic carbocycles. The molecule has 1 aromatic heterocycles. The largest absolute Gasteiger partial charge is 0.378 e. The first-order chi connectivity index (χ1) is 14.3. The first-order valence-corrected chi connectivity index (χ1v) is 10.0. The molecule has 5 rings (SSSR count). The lowest BCUT2D eigenvalue weighted by molar-refractivity contribution is 0.122. The molecule has 148 valence electrons. The third-order valence-corrected chi connectivity index (χ3v) is 5.60. The van der Waals surface area contributed by atoms with E-state index in [1.165, 1.54) is 16.8 Å². The second kappa shape index (κ2) is 7.67. The van der Waals surface area contributed by atoms with Crippen LogP contribution in [0.3, 0.4) is 0 Å². The summed E-state index contributed by atoms with van der Waals surface area (Å²) in [6, 6.07) is 18.9. The quantitative estimate of drug-likeness (QED) is 0.685. The molecule has 0 N–H and O–H groups in total. The fraction of sp³-hybridized carbons (Fsp3) is 0.318. The molecule has 0 amide bonds. The highest BCUT2D eigenvalue weighted by Gasteiger charge is 2.30. The standard InChI is InChI=1S/C22H24N6O/c1-17-15-21(19-9-5-6-10-20(19)26-11-13-29-14-12-26)28-22(23-24-25-28)27(17)16-18-7-3-2-4-8-18/h2-10,15,21H,11-14,16H2,1H3. The number of fused-ring (bicyclic) bond motifs is 1. The van der Waals surface area contributed by atoms with Crippen molar-refractivity contribution >= 4 is 11.6 Å². The average molecular weight is 388 g/mol. The maximum absolute atomic E-state index is 5.54. The van der Waals surface area contributed by atoms with Crippen molar-refractivity contribution in [1.29, 1.82) is 0 Å².